The van der Waals surface area contributed by atoms with E-state index in [0.29, 0.717) is 5.82 Å². The molecule has 1 saturated heterocycles. The summed E-state index contributed by atoms with van der Waals surface area (Å²) in [5.41, 5.74) is 1.06. The van der Waals surface area contributed by atoms with Gasteiger partial charge in [0.2, 0.25) is 0 Å². The molecule has 1 aliphatic heterocycles. The minimum absolute atomic E-state index is 0.265. The second-order valence-electron chi connectivity index (χ2n) is 4.96. The van der Waals surface area contributed by atoms with E-state index in [1.807, 2.05) is 6.07 Å². The highest BCUT2D eigenvalue weighted by molar-refractivity contribution is 5.88. The van der Waals surface area contributed by atoms with E-state index in [-0.39, 0.29) is 5.56 Å². The van der Waals surface area contributed by atoms with Crippen molar-refractivity contribution < 1.29 is 9.90 Å². The number of anilines is 3. The van der Waals surface area contributed by atoms with Crippen LogP contribution in [0, 0.1) is 0 Å². The SMILES string of the molecule is O=C(O)c1ccc(Nc2cc(N3CCCC3)ncn2)cc1. The van der Waals surface area contributed by atoms with Gasteiger partial charge in [0.15, 0.2) is 0 Å². The standard InChI is InChI=1S/C15H16N4O2/c20-15(21)11-3-5-12(6-4-11)18-13-9-14(17-10-16-13)19-7-1-2-8-19/h3-6,9-10H,1-2,7-8H2,(H,20,21)(H,16,17,18). The summed E-state index contributed by atoms with van der Waals surface area (Å²) in [5, 5.41) is 12.0. The molecule has 0 unspecified atom stereocenters. The molecule has 1 fully saturated rings. The molecule has 0 bridgehead atoms. The van der Waals surface area contributed by atoms with Crippen molar-refractivity contribution in [2.45, 2.75) is 12.8 Å². The lowest BCUT2D eigenvalue weighted by Gasteiger charge is -2.16. The van der Waals surface area contributed by atoms with Gasteiger partial charge in [-0.25, -0.2) is 14.8 Å². The molecule has 2 aromatic rings. The molecule has 0 amide bonds. The Hall–Kier alpha value is -2.63. The largest absolute Gasteiger partial charge is 0.478 e. The Morgan fingerprint density at radius 2 is 1.86 bits per heavy atom. The quantitative estimate of drug-likeness (QED) is 0.898. The van der Waals surface area contributed by atoms with Crippen LogP contribution in [-0.2, 0) is 0 Å². The molecular formula is C15H16N4O2. The average molecular weight is 284 g/mol. The zero-order chi connectivity index (χ0) is 14.7. The lowest BCUT2D eigenvalue weighted by molar-refractivity contribution is 0.0697. The number of aromatic carboxylic acids is 1. The number of rotatable bonds is 4. The fourth-order valence-electron chi connectivity index (χ4n) is 2.38. The Bertz CT molecular complexity index is 636. The topological polar surface area (TPSA) is 78.4 Å². The van der Waals surface area contributed by atoms with Crippen molar-refractivity contribution in [3.8, 4) is 0 Å². The van der Waals surface area contributed by atoms with Gasteiger partial charge < -0.3 is 15.3 Å². The number of nitrogens with one attached hydrogen (secondary N) is 1. The number of nitrogens with zero attached hydrogens (tertiary/aromatic N) is 3. The molecule has 21 heavy (non-hydrogen) atoms. The first-order valence-corrected chi connectivity index (χ1v) is 6.90. The molecule has 1 aromatic carbocycles. The van der Waals surface area contributed by atoms with Crippen molar-refractivity contribution in [2.75, 3.05) is 23.3 Å². The molecule has 0 aliphatic carbocycles. The summed E-state index contributed by atoms with van der Waals surface area (Å²) < 4.78 is 0. The molecule has 108 valence electrons. The lowest BCUT2D eigenvalue weighted by Crippen LogP contribution is -2.19. The Morgan fingerprint density at radius 3 is 2.52 bits per heavy atom. The van der Waals surface area contributed by atoms with Gasteiger partial charge in [0.25, 0.3) is 0 Å². The zero-order valence-electron chi connectivity index (χ0n) is 11.5. The number of hydrogen-bond donors (Lipinski definition) is 2. The van der Waals surface area contributed by atoms with E-state index >= 15 is 0 Å². The van der Waals surface area contributed by atoms with Crippen molar-refractivity contribution in [2.24, 2.45) is 0 Å². The van der Waals surface area contributed by atoms with E-state index in [1.165, 1.54) is 12.8 Å². The predicted molar refractivity (Wildman–Crippen MR) is 80.2 cm³/mol. The Labute approximate surface area is 122 Å². The molecular weight excluding hydrogens is 268 g/mol. The molecule has 6 heteroatoms. The van der Waals surface area contributed by atoms with E-state index < -0.39 is 5.97 Å². The molecule has 6 nitrogen and oxygen atoms in total. The Morgan fingerprint density at radius 1 is 1.14 bits per heavy atom. The van der Waals surface area contributed by atoms with Crippen molar-refractivity contribution in [1.82, 2.24) is 9.97 Å². The van der Waals surface area contributed by atoms with E-state index in [0.717, 1.165) is 24.6 Å². The summed E-state index contributed by atoms with van der Waals surface area (Å²) in [4.78, 5) is 21.5. The molecule has 0 saturated carbocycles. The summed E-state index contributed by atoms with van der Waals surface area (Å²) in [6, 6.07) is 8.49. The number of aromatic nitrogens is 2. The number of benzene rings is 1. The molecule has 1 aliphatic rings. The van der Waals surface area contributed by atoms with E-state index in [4.69, 9.17) is 5.11 Å². The molecule has 2 heterocycles. The van der Waals surface area contributed by atoms with Gasteiger partial charge >= 0.3 is 5.97 Å². The van der Waals surface area contributed by atoms with Gasteiger partial charge in [-0.1, -0.05) is 0 Å². The van der Waals surface area contributed by atoms with Crippen LogP contribution in [0.5, 0.6) is 0 Å². The first-order chi connectivity index (χ1) is 10.2. The number of hydrogen-bond acceptors (Lipinski definition) is 5. The van der Waals surface area contributed by atoms with Gasteiger partial charge in [-0.15, -0.1) is 0 Å². The summed E-state index contributed by atoms with van der Waals surface area (Å²) in [6.07, 6.45) is 3.94. The van der Waals surface area contributed by atoms with Gasteiger partial charge in [-0.3, -0.25) is 0 Å². The van der Waals surface area contributed by atoms with Crippen LogP contribution in [0.1, 0.15) is 23.2 Å². The maximum absolute atomic E-state index is 10.8. The second kappa shape index (κ2) is 5.78. The van der Waals surface area contributed by atoms with Crippen LogP contribution in [0.4, 0.5) is 17.3 Å². The first-order valence-electron chi connectivity index (χ1n) is 6.90. The van der Waals surface area contributed by atoms with Crippen LogP contribution in [0.15, 0.2) is 36.7 Å². The number of carboxylic acid groups (broad SMARTS) is 1. The van der Waals surface area contributed by atoms with Crippen molar-refractivity contribution in [1.29, 1.82) is 0 Å². The van der Waals surface area contributed by atoms with Gasteiger partial charge in [0, 0.05) is 24.8 Å². The third-order valence-electron chi connectivity index (χ3n) is 3.49. The highest BCUT2D eigenvalue weighted by atomic mass is 16.4. The van der Waals surface area contributed by atoms with E-state index in [2.05, 4.69) is 20.2 Å². The molecule has 3 rings (SSSR count). The number of carbonyl (C=O) groups is 1. The van der Waals surface area contributed by atoms with Crippen molar-refractivity contribution in [3.63, 3.8) is 0 Å². The summed E-state index contributed by atoms with van der Waals surface area (Å²) in [7, 11) is 0. The van der Waals surface area contributed by atoms with Gasteiger partial charge in [-0.05, 0) is 37.1 Å². The smallest absolute Gasteiger partial charge is 0.335 e. The van der Waals surface area contributed by atoms with Crippen LogP contribution < -0.4 is 10.2 Å². The number of carboxylic acids is 1. The highest BCUT2D eigenvalue weighted by Crippen LogP contribution is 2.21. The van der Waals surface area contributed by atoms with Crippen molar-refractivity contribution >= 4 is 23.3 Å². The molecule has 0 atom stereocenters. The van der Waals surface area contributed by atoms with Crippen LogP contribution in [-0.4, -0.2) is 34.1 Å². The van der Waals surface area contributed by atoms with Gasteiger partial charge in [-0.2, -0.15) is 0 Å². The summed E-state index contributed by atoms with van der Waals surface area (Å²) >= 11 is 0. The van der Waals surface area contributed by atoms with E-state index in [9.17, 15) is 4.79 Å². The average Bonchev–Trinajstić information content (AvgIpc) is 3.02. The third kappa shape index (κ3) is 3.10. The van der Waals surface area contributed by atoms with Crippen LogP contribution in [0.25, 0.3) is 0 Å². The summed E-state index contributed by atoms with van der Waals surface area (Å²) in [5.74, 6) is 0.696. The van der Waals surface area contributed by atoms with Gasteiger partial charge in [0.05, 0.1) is 5.56 Å². The maximum atomic E-state index is 10.8. The van der Waals surface area contributed by atoms with Crippen LogP contribution >= 0.6 is 0 Å². The second-order valence-corrected chi connectivity index (χ2v) is 4.96. The van der Waals surface area contributed by atoms with E-state index in [1.54, 1.807) is 30.6 Å². The lowest BCUT2D eigenvalue weighted by atomic mass is 10.2. The monoisotopic (exact) mass is 284 g/mol. The minimum Gasteiger partial charge on any atom is -0.478 e. The molecule has 2 N–H and O–H groups in total. The normalized spacial score (nSPS) is 14.2. The van der Waals surface area contributed by atoms with Crippen LogP contribution in [0.2, 0.25) is 0 Å². The molecule has 1 aromatic heterocycles. The molecule has 0 radical (unpaired) electrons. The molecule has 0 spiro atoms. The van der Waals surface area contributed by atoms with Crippen LogP contribution in [0.3, 0.4) is 0 Å². The third-order valence-corrected chi connectivity index (χ3v) is 3.49. The summed E-state index contributed by atoms with van der Waals surface area (Å²) in [6.45, 7) is 2.06. The van der Waals surface area contributed by atoms with Gasteiger partial charge in [0.1, 0.15) is 18.0 Å². The Balaban J connectivity index is 1.75. The maximum Gasteiger partial charge on any atom is 0.335 e. The fraction of sp³-hybridized carbons (Fsp3) is 0.267. The predicted octanol–water partition coefficient (Wildman–Crippen LogP) is 2.52. The zero-order valence-corrected chi connectivity index (χ0v) is 11.5. The fourth-order valence-corrected chi connectivity index (χ4v) is 2.38. The Kier molecular flexibility index (Phi) is 3.68. The minimum atomic E-state index is -0.931. The van der Waals surface area contributed by atoms with Crippen molar-refractivity contribution in [3.05, 3.63) is 42.2 Å². The first kappa shape index (κ1) is 13.4. The highest BCUT2D eigenvalue weighted by Gasteiger charge is 2.14.